The third kappa shape index (κ3) is 3.72. The maximum atomic E-state index is 13.1. The van der Waals surface area contributed by atoms with E-state index in [1.165, 1.54) is 12.1 Å². The molecule has 3 aliphatic rings. The van der Waals surface area contributed by atoms with Gasteiger partial charge in [0.25, 0.3) is 0 Å². The molecule has 1 unspecified atom stereocenters. The number of amides is 2. The molecule has 3 fully saturated rings. The van der Waals surface area contributed by atoms with Crippen LogP contribution in [0.5, 0.6) is 0 Å². The summed E-state index contributed by atoms with van der Waals surface area (Å²) in [6.07, 6.45) is 5.77. The topological polar surface area (TPSA) is 58.6 Å². The molecule has 146 valence electrons. The number of halogens is 1. The number of ether oxygens (including phenoxy) is 1. The van der Waals surface area contributed by atoms with Gasteiger partial charge in [-0.1, -0.05) is 12.8 Å². The number of anilines is 1. The monoisotopic (exact) mass is 374 g/mol. The van der Waals surface area contributed by atoms with Gasteiger partial charge in [0.2, 0.25) is 11.8 Å². The predicted molar refractivity (Wildman–Crippen MR) is 99.5 cm³/mol. The van der Waals surface area contributed by atoms with Crippen molar-refractivity contribution in [3.8, 4) is 0 Å². The van der Waals surface area contributed by atoms with Gasteiger partial charge in [0.1, 0.15) is 5.82 Å². The van der Waals surface area contributed by atoms with E-state index in [9.17, 15) is 14.0 Å². The summed E-state index contributed by atoms with van der Waals surface area (Å²) in [5.41, 5.74) is 0.376. The molecule has 0 aromatic heterocycles. The largest absolute Gasteiger partial charge is 0.381 e. The van der Waals surface area contributed by atoms with Crippen LogP contribution in [0.4, 0.5) is 10.1 Å². The lowest BCUT2D eigenvalue weighted by Gasteiger charge is -2.37. The van der Waals surface area contributed by atoms with E-state index < -0.39 is 0 Å². The summed E-state index contributed by atoms with van der Waals surface area (Å²) in [5, 5.41) is 2.93. The predicted octanol–water partition coefficient (Wildman–Crippen LogP) is 3.21. The van der Waals surface area contributed by atoms with E-state index in [2.05, 4.69) is 5.32 Å². The number of hydrogen-bond acceptors (Lipinski definition) is 3. The van der Waals surface area contributed by atoms with Crippen LogP contribution in [0.15, 0.2) is 24.3 Å². The molecule has 0 bridgehead atoms. The quantitative estimate of drug-likeness (QED) is 0.884. The maximum absolute atomic E-state index is 13.1. The number of nitrogens with zero attached hydrogens (tertiary/aromatic N) is 1. The van der Waals surface area contributed by atoms with E-state index in [-0.39, 0.29) is 34.9 Å². The van der Waals surface area contributed by atoms with E-state index in [0.29, 0.717) is 32.0 Å². The normalized spacial score (nSPS) is 25.1. The second-order valence-electron chi connectivity index (χ2n) is 8.22. The van der Waals surface area contributed by atoms with Crippen molar-refractivity contribution in [1.82, 2.24) is 4.90 Å². The number of carbonyl (C=O) groups excluding carboxylic acids is 2. The minimum atomic E-state index is -0.330. The Bertz CT molecular complexity index is 694. The first-order valence-corrected chi connectivity index (χ1v) is 10.0. The summed E-state index contributed by atoms with van der Waals surface area (Å²) in [5.74, 6) is -0.318. The van der Waals surface area contributed by atoms with E-state index in [0.717, 1.165) is 38.5 Å². The smallest absolute Gasteiger partial charge is 0.229 e. The highest BCUT2D eigenvalue weighted by atomic mass is 19.1. The van der Waals surface area contributed by atoms with Gasteiger partial charge in [-0.3, -0.25) is 9.59 Å². The molecule has 1 N–H and O–H groups in total. The van der Waals surface area contributed by atoms with Crippen molar-refractivity contribution in [3.05, 3.63) is 30.1 Å². The Balaban J connectivity index is 1.51. The van der Waals surface area contributed by atoms with E-state index in [1.807, 2.05) is 4.90 Å². The van der Waals surface area contributed by atoms with Crippen molar-refractivity contribution in [3.63, 3.8) is 0 Å². The summed E-state index contributed by atoms with van der Waals surface area (Å²) in [6.45, 7) is 2.38. The third-order valence-corrected chi connectivity index (χ3v) is 6.58. The Hall–Kier alpha value is -1.95. The van der Waals surface area contributed by atoms with Crippen LogP contribution in [-0.2, 0) is 14.3 Å². The van der Waals surface area contributed by atoms with Crippen molar-refractivity contribution >= 4 is 17.5 Å². The van der Waals surface area contributed by atoms with E-state index in [1.54, 1.807) is 12.1 Å². The fourth-order valence-corrected chi connectivity index (χ4v) is 4.98. The molecule has 1 atom stereocenters. The number of carbonyl (C=O) groups is 2. The Morgan fingerprint density at radius 2 is 1.78 bits per heavy atom. The molecule has 6 heteroatoms. The average molecular weight is 374 g/mol. The fraction of sp³-hybridized carbons (Fsp3) is 0.619. The standard InChI is InChI=1S/C21H27FN2O3/c22-16-5-7-17(8-6-16)23-19(25)18-13-24(20(26)15-3-1-2-4-15)14-21(18)9-11-27-12-10-21/h5-8,15,18H,1-4,9-14H2,(H,23,25). The molecule has 1 aromatic rings. The van der Waals surface area contributed by atoms with Crippen molar-refractivity contribution in [2.24, 2.45) is 17.3 Å². The van der Waals surface area contributed by atoms with Crippen LogP contribution in [0.3, 0.4) is 0 Å². The zero-order valence-corrected chi connectivity index (χ0v) is 15.6. The molecule has 1 saturated carbocycles. The second-order valence-corrected chi connectivity index (χ2v) is 8.22. The van der Waals surface area contributed by atoms with Gasteiger partial charge >= 0.3 is 0 Å². The van der Waals surface area contributed by atoms with Crippen molar-refractivity contribution < 1.29 is 18.7 Å². The van der Waals surface area contributed by atoms with Crippen LogP contribution in [0.1, 0.15) is 38.5 Å². The molecular weight excluding hydrogens is 347 g/mol. The molecular formula is C21H27FN2O3. The molecule has 1 aliphatic carbocycles. The van der Waals surface area contributed by atoms with Gasteiger partial charge in [-0.2, -0.15) is 0 Å². The Morgan fingerprint density at radius 1 is 1.11 bits per heavy atom. The minimum absolute atomic E-state index is 0.0785. The Morgan fingerprint density at radius 3 is 2.44 bits per heavy atom. The number of nitrogens with one attached hydrogen (secondary N) is 1. The second kappa shape index (κ2) is 7.58. The van der Waals surface area contributed by atoms with Gasteiger partial charge in [0.05, 0.1) is 5.92 Å². The molecule has 1 aromatic carbocycles. The van der Waals surface area contributed by atoms with E-state index >= 15 is 0 Å². The lowest BCUT2D eigenvalue weighted by Crippen LogP contribution is -2.42. The van der Waals surface area contributed by atoms with Crippen LogP contribution in [0, 0.1) is 23.1 Å². The molecule has 5 nitrogen and oxygen atoms in total. The molecule has 4 rings (SSSR count). The van der Waals surface area contributed by atoms with Gasteiger partial charge < -0.3 is 15.0 Å². The third-order valence-electron chi connectivity index (χ3n) is 6.58. The van der Waals surface area contributed by atoms with Gasteiger partial charge in [-0.25, -0.2) is 4.39 Å². The van der Waals surface area contributed by atoms with E-state index in [4.69, 9.17) is 4.74 Å². The zero-order chi connectivity index (χ0) is 18.9. The van der Waals surface area contributed by atoms with Crippen LogP contribution in [0.2, 0.25) is 0 Å². The van der Waals surface area contributed by atoms with Crippen LogP contribution < -0.4 is 5.32 Å². The summed E-state index contributed by atoms with van der Waals surface area (Å²) in [4.78, 5) is 28.0. The van der Waals surface area contributed by atoms with Gasteiger partial charge in [0, 0.05) is 43.3 Å². The molecule has 0 radical (unpaired) electrons. The van der Waals surface area contributed by atoms with Crippen molar-refractivity contribution in [2.75, 3.05) is 31.6 Å². The fourth-order valence-electron chi connectivity index (χ4n) is 4.98. The maximum Gasteiger partial charge on any atom is 0.229 e. The van der Waals surface area contributed by atoms with Gasteiger partial charge in [-0.15, -0.1) is 0 Å². The number of hydrogen-bond donors (Lipinski definition) is 1. The number of rotatable bonds is 3. The molecule has 1 spiro atoms. The van der Waals surface area contributed by atoms with Gasteiger partial charge in [0.15, 0.2) is 0 Å². The highest BCUT2D eigenvalue weighted by Crippen LogP contribution is 2.45. The van der Waals surface area contributed by atoms with Crippen LogP contribution >= 0.6 is 0 Å². The van der Waals surface area contributed by atoms with Crippen molar-refractivity contribution in [2.45, 2.75) is 38.5 Å². The molecule has 27 heavy (non-hydrogen) atoms. The lowest BCUT2D eigenvalue weighted by atomic mass is 9.71. The SMILES string of the molecule is O=C(Nc1ccc(F)cc1)C1CN(C(=O)C2CCCC2)CC12CCOCC2. The summed E-state index contributed by atoms with van der Waals surface area (Å²) in [6, 6.07) is 5.81. The zero-order valence-electron chi connectivity index (χ0n) is 15.6. The first-order chi connectivity index (χ1) is 13.1. The van der Waals surface area contributed by atoms with Crippen LogP contribution in [-0.4, -0.2) is 43.0 Å². The molecule has 2 amide bonds. The van der Waals surface area contributed by atoms with Crippen molar-refractivity contribution in [1.29, 1.82) is 0 Å². The Labute approximate surface area is 159 Å². The summed E-state index contributed by atoms with van der Waals surface area (Å²) in [7, 11) is 0. The first kappa shape index (κ1) is 18.4. The lowest BCUT2D eigenvalue weighted by molar-refractivity contribution is -0.135. The summed E-state index contributed by atoms with van der Waals surface area (Å²) < 4.78 is 18.7. The number of likely N-dealkylation sites (tertiary alicyclic amines) is 1. The highest BCUT2D eigenvalue weighted by molar-refractivity contribution is 5.94. The average Bonchev–Trinajstić information content (AvgIpc) is 3.32. The van der Waals surface area contributed by atoms with Crippen LogP contribution in [0.25, 0.3) is 0 Å². The minimum Gasteiger partial charge on any atom is -0.381 e. The highest BCUT2D eigenvalue weighted by Gasteiger charge is 2.52. The first-order valence-electron chi connectivity index (χ1n) is 10.0. The number of benzene rings is 1. The molecule has 2 heterocycles. The molecule has 2 saturated heterocycles. The Kier molecular flexibility index (Phi) is 5.17. The molecule has 2 aliphatic heterocycles. The van der Waals surface area contributed by atoms with Gasteiger partial charge in [-0.05, 0) is 49.9 Å². The summed E-state index contributed by atoms with van der Waals surface area (Å²) >= 11 is 0.